The molecule has 3 rings (SSSR count). The Hall–Kier alpha value is -3.21. The van der Waals surface area contributed by atoms with Crippen molar-refractivity contribution in [2.45, 2.75) is 13.3 Å². The monoisotopic (exact) mass is 436 g/mol. The van der Waals surface area contributed by atoms with Crippen molar-refractivity contribution < 1.29 is 14.3 Å². The summed E-state index contributed by atoms with van der Waals surface area (Å²) < 4.78 is 5.37. The average molecular weight is 437 g/mol. The normalized spacial score (nSPS) is 11.0. The van der Waals surface area contributed by atoms with E-state index in [0.29, 0.717) is 11.3 Å². The third-order valence-electron chi connectivity index (χ3n) is 4.26. The minimum Gasteiger partial charge on any atom is -0.452 e. The first-order valence-electron chi connectivity index (χ1n) is 9.28. The van der Waals surface area contributed by atoms with E-state index in [2.05, 4.69) is 6.07 Å². The Morgan fingerprint density at radius 3 is 2.47 bits per heavy atom. The number of esters is 1. The van der Waals surface area contributed by atoms with E-state index in [1.165, 1.54) is 27.6 Å². The van der Waals surface area contributed by atoms with Gasteiger partial charge in [0.2, 0.25) is 0 Å². The van der Waals surface area contributed by atoms with E-state index < -0.39 is 12.6 Å². The topological polar surface area (TPSA) is 70.4 Å². The zero-order chi connectivity index (χ0) is 21.3. The van der Waals surface area contributed by atoms with Crippen LogP contribution in [0.15, 0.2) is 59.3 Å². The molecule has 1 amide bonds. The molecule has 2 heterocycles. The molecule has 5 nitrogen and oxygen atoms in total. The fraction of sp³-hybridized carbons (Fsp3) is 0.174. The first-order chi connectivity index (χ1) is 14.6. The molecule has 0 aliphatic heterocycles. The number of anilines is 1. The molecule has 1 aromatic carbocycles. The maximum Gasteiger partial charge on any atom is 0.340 e. The van der Waals surface area contributed by atoms with Gasteiger partial charge < -0.3 is 9.64 Å². The van der Waals surface area contributed by atoms with Crippen LogP contribution in [0.4, 0.5) is 5.69 Å². The average Bonchev–Trinajstić information content (AvgIpc) is 3.46. The summed E-state index contributed by atoms with van der Waals surface area (Å²) in [5, 5.41) is 12.7. The standard InChI is InChI=1S/C23H20N2O3S2/c1-17-7-9-18(10-8-17)25(12-4-11-24)22(26)16-28-23(27)20(21-6-3-14-30-21)15-19-5-2-13-29-19/h2-3,5-10,13-15H,4,12,16H2,1H3. The molecular weight excluding hydrogens is 416 g/mol. The van der Waals surface area contributed by atoms with Crippen molar-refractivity contribution in [1.29, 1.82) is 5.26 Å². The third-order valence-corrected chi connectivity index (χ3v) is 5.98. The van der Waals surface area contributed by atoms with Crippen LogP contribution >= 0.6 is 22.7 Å². The van der Waals surface area contributed by atoms with Crippen LogP contribution in [0.3, 0.4) is 0 Å². The van der Waals surface area contributed by atoms with Gasteiger partial charge in [0.25, 0.3) is 5.91 Å². The zero-order valence-corrected chi connectivity index (χ0v) is 18.0. The molecule has 30 heavy (non-hydrogen) atoms. The second kappa shape index (κ2) is 10.5. The van der Waals surface area contributed by atoms with Crippen LogP contribution in [-0.2, 0) is 14.3 Å². The molecule has 0 aliphatic carbocycles. The van der Waals surface area contributed by atoms with Crippen molar-refractivity contribution in [2.75, 3.05) is 18.1 Å². The first-order valence-corrected chi connectivity index (χ1v) is 11.0. The summed E-state index contributed by atoms with van der Waals surface area (Å²) in [6.07, 6.45) is 1.96. The van der Waals surface area contributed by atoms with Crippen molar-refractivity contribution >= 4 is 51.9 Å². The van der Waals surface area contributed by atoms with Gasteiger partial charge in [-0.2, -0.15) is 5.26 Å². The van der Waals surface area contributed by atoms with Crippen LogP contribution in [0.1, 0.15) is 21.7 Å². The smallest absolute Gasteiger partial charge is 0.340 e. The Morgan fingerprint density at radius 1 is 1.10 bits per heavy atom. The van der Waals surface area contributed by atoms with Gasteiger partial charge in [-0.3, -0.25) is 4.79 Å². The summed E-state index contributed by atoms with van der Waals surface area (Å²) in [6, 6.07) is 17.0. The first kappa shape index (κ1) is 21.5. The number of hydrogen-bond acceptors (Lipinski definition) is 6. The lowest BCUT2D eigenvalue weighted by atomic mass is 10.2. The number of amides is 1. The van der Waals surface area contributed by atoms with Gasteiger partial charge in [-0.25, -0.2) is 4.79 Å². The third kappa shape index (κ3) is 5.66. The maximum absolute atomic E-state index is 12.8. The van der Waals surface area contributed by atoms with Gasteiger partial charge in [-0.15, -0.1) is 22.7 Å². The van der Waals surface area contributed by atoms with Gasteiger partial charge in [-0.05, 0) is 48.0 Å². The quantitative estimate of drug-likeness (QED) is 0.362. The van der Waals surface area contributed by atoms with Crippen molar-refractivity contribution in [3.05, 3.63) is 74.6 Å². The maximum atomic E-state index is 12.8. The summed E-state index contributed by atoms with van der Waals surface area (Å²) in [5.74, 6) is -0.924. The van der Waals surface area contributed by atoms with Crippen LogP contribution in [0, 0.1) is 18.3 Å². The number of nitriles is 1. The molecule has 0 saturated heterocycles. The fourth-order valence-corrected chi connectivity index (χ4v) is 4.13. The lowest BCUT2D eigenvalue weighted by Gasteiger charge is -2.22. The van der Waals surface area contributed by atoms with Gasteiger partial charge in [-0.1, -0.05) is 29.8 Å². The molecule has 0 radical (unpaired) electrons. The Morgan fingerprint density at radius 2 is 1.83 bits per heavy atom. The Bertz CT molecular complexity index is 1050. The van der Waals surface area contributed by atoms with Gasteiger partial charge in [0, 0.05) is 22.0 Å². The number of ether oxygens (including phenoxy) is 1. The highest BCUT2D eigenvalue weighted by Crippen LogP contribution is 2.26. The summed E-state index contributed by atoms with van der Waals surface area (Å²) in [4.78, 5) is 28.8. The molecule has 152 valence electrons. The van der Waals surface area contributed by atoms with E-state index in [0.717, 1.165) is 15.3 Å². The Balaban J connectivity index is 1.74. The minimum absolute atomic E-state index is 0.187. The second-order valence-electron chi connectivity index (χ2n) is 6.42. The highest BCUT2D eigenvalue weighted by molar-refractivity contribution is 7.12. The predicted molar refractivity (Wildman–Crippen MR) is 121 cm³/mol. The van der Waals surface area contributed by atoms with Crippen LogP contribution in [0.25, 0.3) is 11.6 Å². The largest absolute Gasteiger partial charge is 0.452 e. The second-order valence-corrected chi connectivity index (χ2v) is 8.34. The summed E-state index contributed by atoms with van der Waals surface area (Å²) in [7, 11) is 0. The van der Waals surface area contributed by atoms with E-state index in [1.807, 2.05) is 66.2 Å². The zero-order valence-electron chi connectivity index (χ0n) is 16.4. The molecule has 0 N–H and O–H groups in total. The number of rotatable bonds is 8. The number of thiophene rings is 2. The number of hydrogen-bond donors (Lipinski definition) is 0. The van der Waals surface area contributed by atoms with E-state index in [9.17, 15) is 9.59 Å². The number of carbonyl (C=O) groups excluding carboxylic acids is 2. The molecular formula is C23H20N2O3S2. The predicted octanol–water partition coefficient (Wildman–Crippen LogP) is 5.15. The van der Waals surface area contributed by atoms with E-state index in [1.54, 1.807) is 6.08 Å². The van der Waals surface area contributed by atoms with E-state index in [-0.39, 0.29) is 18.9 Å². The fourth-order valence-electron chi connectivity index (χ4n) is 2.75. The molecule has 0 unspecified atom stereocenters. The van der Waals surface area contributed by atoms with Crippen molar-refractivity contribution in [3.63, 3.8) is 0 Å². The Kier molecular flexibility index (Phi) is 7.55. The molecule has 7 heteroatoms. The number of carbonyl (C=O) groups is 2. The van der Waals surface area contributed by atoms with Crippen molar-refractivity contribution in [1.82, 2.24) is 0 Å². The van der Waals surface area contributed by atoms with Crippen LogP contribution < -0.4 is 4.90 Å². The Labute approximate surface area is 183 Å². The van der Waals surface area contributed by atoms with Gasteiger partial charge in [0.15, 0.2) is 6.61 Å². The molecule has 0 spiro atoms. The van der Waals surface area contributed by atoms with Crippen LogP contribution in [0.5, 0.6) is 0 Å². The molecule has 0 atom stereocenters. The molecule has 0 fully saturated rings. The number of aryl methyl sites for hydroxylation is 1. The van der Waals surface area contributed by atoms with E-state index >= 15 is 0 Å². The van der Waals surface area contributed by atoms with Crippen LogP contribution in [-0.4, -0.2) is 25.0 Å². The molecule has 0 aliphatic rings. The highest BCUT2D eigenvalue weighted by Gasteiger charge is 2.20. The SMILES string of the molecule is Cc1ccc(N(CCC#N)C(=O)COC(=O)C(=Cc2cccs2)c2cccs2)cc1. The number of benzene rings is 1. The van der Waals surface area contributed by atoms with Gasteiger partial charge >= 0.3 is 5.97 Å². The minimum atomic E-state index is -0.552. The van der Waals surface area contributed by atoms with Gasteiger partial charge in [0.1, 0.15) is 0 Å². The molecule has 0 saturated carbocycles. The lowest BCUT2D eigenvalue weighted by Crippen LogP contribution is -2.35. The summed E-state index contributed by atoms with van der Waals surface area (Å²) >= 11 is 2.95. The molecule has 0 bridgehead atoms. The summed E-state index contributed by atoms with van der Waals surface area (Å²) in [5.41, 5.74) is 2.15. The van der Waals surface area contributed by atoms with Crippen LogP contribution in [0.2, 0.25) is 0 Å². The van der Waals surface area contributed by atoms with E-state index in [4.69, 9.17) is 10.00 Å². The molecule has 2 aromatic heterocycles. The number of nitrogens with zero attached hydrogens (tertiary/aromatic N) is 2. The molecule has 3 aromatic rings. The highest BCUT2D eigenvalue weighted by atomic mass is 32.1. The summed E-state index contributed by atoms with van der Waals surface area (Å²) in [6.45, 7) is 1.79. The lowest BCUT2D eigenvalue weighted by molar-refractivity contribution is -0.142. The van der Waals surface area contributed by atoms with Gasteiger partial charge in [0.05, 0.1) is 18.1 Å². The van der Waals surface area contributed by atoms with Crippen molar-refractivity contribution in [3.8, 4) is 6.07 Å². The van der Waals surface area contributed by atoms with Crippen molar-refractivity contribution in [2.24, 2.45) is 0 Å².